The van der Waals surface area contributed by atoms with Crippen molar-refractivity contribution in [1.82, 2.24) is 14.9 Å². The molecule has 0 bridgehead atoms. The maximum absolute atomic E-state index is 13.6. The summed E-state index contributed by atoms with van der Waals surface area (Å²) in [5, 5.41) is 1.11. The van der Waals surface area contributed by atoms with Crippen LogP contribution in [0.1, 0.15) is 25.3 Å². The number of ether oxygens (including phenoxy) is 1. The summed E-state index contributed by atoms with van der Waals surface area (Å²) in [4.78, 5) is 26.5. The second kappa shape index (κ2) is 8.90. The third-order valence-electron chi connectivity index (χ3n) is 6.89. The number of carbonyl (C=O) groups is 1. The number of nitrogens with zero attached hydrogens (tertiary/aromatic N) is 4. The molecule has 0 aliphatic carbocycles. The minimum absolute atomic E-state index is 0.253. The molecular weight excluding hydrogens is 404 g/mol. The molecule has 4 heterocycles. The lowest BCUT2D eigenvalue weighted by Crippen LogP contribution is -2.50. The number of hydrogen-bond donors (Lipinski definition) is 0. The van der Waals surface area contributed by atoms with Gasteiger partial charge in [-0.1, -0.05) is 19.1 Å². The van der Waals surface area contributed by atoms with Gasteiger partial charge in [0.1, 0.15) is 5.58 Å². The van der Waals surface area contributed by atoms with Crippen molar-refractivity contribution in [3.8, 4) is 0 Å². The Morgan fingerprint density at radius 3 is 2.78 bits per heavy atom. The molecule has 0 radical (unpaired) electrons. The van der Waals surface area contributed by atoms with Crippen LogP contribution in [0.15, 0.2) is 53.4 Å². The summed E-state index contributed by atoms with van der Waals surface area (Å²) >= 11 is 0. The molecule has 2 fully saturated rings. The van der Waals surface area contributed by atoms with Gasteiger partial charge in [-0.15, -0.1) is 0 Å². The molecule has 32 heavy (non-hydrogen) atoms. The fraction of sp³-hybridized carbons (Fsp3) is 0.480. The maximum Gasteiger partial charge on any atom is 0.228 e. The molecule has 0 spiro atoms. The molecule has 0 N–H and O–H groups in total. The predicted molar refractivity (Wildman–Crippen MR) is 122 cm³/mol. The quantitative estimate of drug-likeness (QED) is 0.625. The van der Waals surface area contributed by atoms with Gasteiger partial charge in [0.15, 0.2) is 0 Å². The summed E-state index contributed by atoms with van der Waals surface area (Å²) in [7, 11) is 0. The first kappa shape index (κ1) is 20.9. The van der Waals surface area contributed by atoms with Gasteiger partial charge in [0, 0.05) is 55.3 Å². The molecule has 3 aromatic rings. The number of carbonyl (C=O) groups excluding carboxylic acids is 1. The largest absolute Gasteiger partial charge is 0.464 e. The number of aromatic nitrogens is 2. The van der Waals surface area contributed by atoms with Crippen molar-refractivity contribution in [3.05, 3.63) is 54.6 Å². The number of furan rings is 1. The fourth-order valence-electron chi connectivity index (χ4n) is 4.90. The highest BCUT2D eigenvalue weighted by Gasteiger charge is 2.40. The fourth-order valence-corrected chi connectivity index (χ4v) is 4.90. The molecule has 1 amide bonds. The summed E-state index contributed by atoms with van der Waals surface area (Å²) in [6.45, 7) is 6.37. The van der Waals surface area contributed by atoms with Crippen LogP contribution in [0.5, 0.6) is 0 Å². The zero-order valence-electron chi connectivity index (χ0n) is 18.6. The van der Waals surface area contributed by atoms with E-state index in [2.05, 4.69) is 40.0 Å². The van der Waals surface area contributed by atoms with Crippen molar-refractivity contribution >= 4 is 22.8 Å². The molecule has 1 aromatic carbocycles. The van der Waals surface area contributed by atoms with Gasteiger partial charge in [0.2, 0.25) is 11.9 Å². The Kier molecular flexibility index (Phi) is 5.83. The molecule has 168 valence electrons. The van der Waals surface area contributed by atoms with Gasteiger partial charge in [-0.3, -0.25) is 4.79 Å². The predicted octanol–water partition coefficient (Wildman–Crippen LogP) is 3.55. The Morgan fingerprint density at radius 2 is 1.97 bits per heavy atom. The first-order chi connectivity index (χ1) is 15.6. The summed E-state index contributed by atoms with van der Waals surface area (Å²) in [6, 6.07) is 10.2. The van der Waals surface area contributed by atoms with Crippen LogP contribution in [-0.4, -0.2) is 60.2 Å². The van der Waals surface area contributed by atoms with E-state index in [0.29, 0.717) is 19.8 Å². The molecular formula is C25H30N4O3. The van der Waals surface area contributed by atoms with Gasteiger partial charge < -0.3 is 19.0 Å². The van der Waals surface area contributed by atoms with E-state index >= 15 is 0 Å². The Labute approximate surface area is 188 Å². The smallest absolute Gasteiger partial charge is 0.228 e. The number of anilines is 1. The lowest BCUT2D eigenvalue weighted by molar-refractivity contribution is -0.142. The summed E-state index contributed by atoms with van der Waals surface area (Å²) in [5.74, 6) is 1.28. The Morgan fingerprint density at radius 1 is 1.16 bits per heavy atom. The molecule has 0 saturated carbocycles. The number of fused-ring (bicyclic) bond motifs is 1. The number of piperidine rings is 1. The molecule has 0 unspecified atom stereocenters. The first-order valence-electron chi connectivity index (χ1n) is 11.5. The molecule has 7 heteroatoms. The van der Waals surface area contributed by atoms with Crippen molar-refractivity contribution < 1.29 is 13.9 Å². The van der Waals surface area contributed by atoms with Crippen LogP contribution in [0, 0.1) is 11.3 Å². The number of rotatable bonds is 4. The third-order valence-corrected chi connectivity index (χ3v) is 6.89. The Bertz CT molecular complexity index is 1060. The van der Waals surface area contributed by atoms with Crippen LogP contribution in [0.3, 0.4) is 0 Å². The Balaban J connectivity index is 1.23. The lowest BCUT2D eigenvalue weighted by Gasteiger charge is -2.41. The van der Waals surface area contributed by atoms with Crippen LogP contribution >= 0.6 is 0 Å². The zero-order chi connectivity index (χ0) is 22.0. The van der Waals surface area contributed by atoms with Gasteiger partial charge in [-0.25, -0.2) is 9.97 Å². The van der Waals surface area contributed by atoms with E-state index in [-0.39, 0.29) is 17.2 Å². The second-order valence-electron chi connectivity index (χ2n) is 9.29. The van der Waals surface area contributed by atoms with Crippen molar-refractivity contribution in [2.75, 3.05) is 44.3 Å². The van der Waals surface area contributed by atoms with Crippen molar-refractivity contribution in [2.45, 2.75) is 26.2 Å². The topological polar surface area (TPSA) is 71.7 Å². The van der Waals surface area contributed by atoms with Crippen LogP contribution in [0.25, 0.3) is 11.0 Å². The first-order valence-corrected chi connectivity index (χ1v) is 11.5. The molecule has 5 rings (SSSR count). The summed E-state index contributed by atoms with van der Waals surface area (Å²) in [6.07, 6.45) is 7.74. The number of hydrogen-bond acceptors (Lipinski definition) is 6. The standard InChI is InChI=1S/C25H30N4O3/c1-25(6-10-28(11-7-25)24-26-8-2-9-27-24)23(30)29-12-14-31-18-20(17-29)15-19-3-4-21-5-13-32-22(21)16-19/h2-5,8-9,13,16,20H,6-7,10-12,14-15,17-18H2,1H3/t20-/m0/s1. The lowest BCUT2D eigenvalue weighted by atomic mass is 9.79. The van der Waals surface area contributed by atoms with Gasteiger partial charge in [-0.2, -0.15) is 0 Å². The highest BCUT2D eigenvalue weighted by Crippen LogP contribution is 2.34. The Hall–Kier alpha value is -2.93. The monoisotopic (exact) mass is 434 g/mol. The zero-order valence-corrected chi connectivity index (χ0v) is 18.6. The van der Waals surface area contributed by atoms with E-state index in [9.17, 15) is 4.79 Å². The van der Waals surface area contributed by atoms with Crippen LogP contribution in [-0.2, 0) is 16.0 Å². The summed E-state index contributed by atoms with van der Waals surface area (Å²) in [5.41, 5.74) is 1.78. The highest BCUT2D eigenvalue weighted by atomic mass is 16.5. The minimum atomic E-state index is -0.354. The van der Waals surface area contributed by atoms with Gasteiger partial charge >= 0.3 is 0 Å². The van der Waals surface area contributed by atoms with Crippen molar-refractivity contribution in [2.24, 2.45) is 11.3 Å². The normalized spacial score (nSPS) is 21.5. The highest BCUT2D eigenvalue weighted by molar-refractivity contribution is 5.83. The van der Waals surface area contributed by atoms with E-state index in [1.54, 1.807) is 18.7 Å². The average molecular weight is 435 g/mol. The molecule has 2 aromatic heterocycles. The van der Waals surface area contributed by atoms with Gasteiger partial charge in [0.25, 0.3) is 0 Å². The van der Waals surface area contributed by atoms with E-state index in [1.165, 1.54) is 5.56 Å². The molecule has 2 aliphatic heterocycles. The van der Waals surface area contributed by atoms with Crippen LogP contribution < -0.4 is 4.90 Å². The molecule has 1 atom stereocenters. The van der Waals surface area contributed by atoms with Crippen LogP contribution in [0.2, 0.25) is 0 Å². The van der Waals surface area contributed by atoms with E-state index < -0.39 is 0 Å². The average Bonchev–Trinajstić information content (AvgIpc) is 3.17. The number of benzene rings is 1. The molecule has 7 nitrogen and oxygen atoms in total. The molecule has 2 aliphatic rings. The van der Waals surface area contributed by atoms with Crippen molar-refractivity contribution in [3.63, 3.8) is 0 Å². The third kappa shape index (κ3) is 4.35. The van der Waals surface area contributed by atoms with Gasteiger partial charge in [-0.05, 0) is 43.0 Å². The SMILES string of the molecule is CC1(C(=O)N2CCOC[C@@H](Cc3ccc4ccoc4c3)C2)CCN(c2ncccn2)CC1. The maximum atomic E-state index is 13.6. The van der Waals surface area contributed by atoms with Crippen molar-refractivity contribution in [1.29, 1.82) is 0 Å². The van der Waals surface area contributed by atoms with E-state index in [0.717, 1.165) is 55.8 Å². The van der Waals surface area contributed by atoms with Crippen LogP contribution in [0.4, 0.5) is 5.95 Å². The van der Waals surface area contributed by atoms with E-state index in [1.807, 2.05) is 17.0 Å². The second-order valence-corrected chi connectivity index (χ2v) is 9.29. The molecule has 2 saturated heterocycles. The minimum Gasteiger partial charge on any atom is -0.464 e. The summed E-state index contributed by atoms with van der Waals surface area (Å²) < 4.78 is 11.4. The number of amides is 1. The van der Waals surface area contributed by atoms with Gasteiger partial charge in [0.05, 0.1) is 19.5 Å². The van der Waals surface area contributed by atoms with E-state index in [4.69, 9.17) is 9.15 Å².